The van der Waals surface area contributed by atoms with E-state index in [1.54, 1.807) is 0 Å². The van der Waals surface area contributed by atoms with E-state index in [9.17, 15) is 0 Å². The van der Waals surface area contributed by atoms with Gasteiger partial charge in [0.1, 0.15) is 6.10 Å². The number of benzene rings is 1. The van der Waals surface area contributed by atoms with E-state index >= 15 is 0 Å². The number of rotatable bonds is 3. The van der Waals surface area contributed by atoms with Crippen molar-refractivity contribution in [2.45, 2.75) is 19.4 Å². The van der Waals surface area contributed by atoms with Crippen molar-refractivity contribution in [2.75, 3.05) is 13.2 Å². The minimum atomic E-state index is 0. The maximum atomic E-state index is 5.69. The van der Waals surface area contributed by atoms with Crippen LogP contribution in [0.2, 0.25) is 0 Å². The lowest BCUT2D eigenvalue weighted by Gasteiger charge is -2.10. The van der Waals surface area contributed by atoms with Crippen LogP contribution in [0.25, 0.3) is 0 Å². The molecule has 1 aliphatic rings. The largest absolute Gasteiger partial charge is 0.490 e. The van der Waals surface area contributed by atoms with Crippen LogP contribution < -0.4 is 15.2 Å². The molecule has 0 amide bonds. The van der Waals surface area contributed by atoms with Crippen molar-refractivity contribution in [3.8, 4) is 11.5 Å². The van der Waals surface area contributed by atoms with Gasteiger partial charge in [0, 0.05) is 18.5 Å². The predicted molar refractivity (Wildman–Crippen MR) is 62.0 cm³/mol. The highest BCUT2D eigenvalue weighted by Crippen LogP contribution is 2.37. The lowest BCUT2D eigenvalue weighted by Crippen LogP contribution is -2.24. The molecule has 4 heteroatoms. The summed E-state index contributed by atoms with van der Waals surface area (Å²) in [6.45, 7) is 3.18. The summed E-state index contributed by atoms with van der Waals surface area (Å²) in [5.74, 6) is 1.71. The summed E-state index contributed by atoms with van der Waals surface area (Å²) < 4.78 is 11.2. The quantitative estimate of drug-likeness (QED) is 0.859. The molecule has 2 N–H and O–H groups in total. The lowest BCUT2D eigenvalue weighted by atomic mass is 10.1. The molecule has 0 saturated heterocycles. The van der Waals surface area contributed by atoms with Gasteiger partial charge < -0.3 is 15.2 Å². The van der Waals surface area contributed by atoms with Crippen LogP contribution in [0.15, 0.2) is 18.2 Å². The van der Waals surface area contributed by atoms with Crippen LogP contribution in [-0.4, -0.2) is 19.3 Å². The van der Waals surface area contributed by atoms with E-state index in [-0.39, 0.29) is 18.5 Å². The number of hydrogen-bond acceptors (Lipinski definition) is 3. The number of ether oxygens (including phenoxy) is 2. The highest BCUT2D eigenvalue weighted by atomic mass is 35.5. The first-order chi connectivity index (χ1) is 6.85. The molecule has 0 aromatic heterocycles. The van der Waals surface area contributed by atoms with Crippen LogP contribution in [0.4, 0.5) is 0 Å². The molecule has 1 atom stereocenters. The van der Waals surface area contributed by atoms with Gasteiger partial charge >= 0.3 is 0 Å². The molecule has 0 spiro atoms. The van der Waals surface area contributed by atoms with Crippen LogP contribution in [0, 0.1) is 0 Å². The van der Waals surface area contributed by atoms with Gasteiger partial charge in [0.25, 0.3) is 0 Å². The van der Waals surface area contributed by atoms with E-state index in [4.69, 9.17) is 15.2 Å². The first-order valence-corrected chi connectivity index (χ1v) is 4.96. The Bertz CT molecular complexity index is 330. The van der Waals surface area contributed by atoms with Crippen molar-refractivity contribution in [1.29, 1.82) is 0 Å². The van der Waals surface area contributed by atoms with Crippen molar-refractivity contribution < 1.29 is 9.47 Å². The molecular formula is C11H16ClNO2. The molecule has 15 heavy (non-hydrogen) atoms. The number of hydrogen-bond donors (Lipinski definition) is 1. The van der Waals surface area contributed by atoms with E-state index in [1.807, 2.05) is 19.1 Å². The van der Waals surface area contributed by atoms with Gasteiger partial charge in [-0.1, -0.05) is 12.1 Å². The third kappa shape index (κ3) is 2.36. The van der Waals surface area contributed by atoms with Gasteiger partial charge in [-0.25, -0.2) is 0 Å². The molecule has 1 aromatic carbocycles. The van der Waals surface area contributed by atoms with Crippen LogP contribution in [0.5, 0.6) is 11.5 Å². The van der Waals surface area contributed by atoms with Crippen molar-refractivity contribution in [1.82, 2.24) is 0 Å². The third-order valence-corrected chi connectivity index (χ3v) is 2.36. The molecule has 0 aliphatic carbocycles. The second-order valence-electron chi connectivity index (χ2n) is 3.36. The third-order valence-electron chi connectivity index (χ3n) is 2.36. The Labute approximate surface area is 96.0 Å². The molecule has 0 saturated carbocycles. The highest BCUT2D eigenvalue weighted by Gasteiger charge is 2.24. The zero-order chi connectivity index (χ0) is 9.97. The molecule has 0 radical (unpaired) electrons. The Balaban J connectivity index is 0.00000112. The number of para-hydroxylation sites is 1. The van der Waals surface area contributed by atoms with Crippen LogP contribution in [-0.2, 0) is 6.42 Å². The average molecular weight is 230 g/mol. The van der Waals surface area contributed by atoms with Crippen LogP contribution in [0.1, 0.15) is 12.5 Å². The monoisotopic (exact) mass is 229 g/mol. The molecule has 0 fully saturated rings. The first kappa shape index (κ1) is 12.1. The summed E-state index contributed by atoms with van der Waals surface area (Å²) in [6, 6.07) is 5.99. The van der Waals surface area contributed by atoms with Gasteiger partial charge in [-0.2, -0.15) is 0 Å². The van der Waals surface area contributed by atoms with Gasteiger partial charge in [0.15, 0.2) is 11.5 Å². The summed E-state index contributed by atoms with van der Waals surface area (Å²) in [6.07, 6.45) is 1.01. The van der Waals surface area contributed by atoms with Gasteiger partial charge in [0.05, 0.1) is 6.61 Å². The summed E-state index contributed by atoms with van der Waals surface area (Å²) in [5, 5.41) is 0. The zero-order valence-electron chi connectivity index (χ0n) is 8.73. The molecule has 1 aromatic rings. The van der Waals surface area contributed by atoms with Gasteiger partial charge in [0.2, 0.25) is 0 Å². The van der Waals surface area contributed by atoms with Gasteiger partial charge in [-0.15, -0.1) is 12.4 Å². The summed E-state index contributed by atoms with van der Waals surface area (Å²) >= 11 is 0. The van der Waals surface area contributed by atoms with E-state index in [2.05, 4.69) is 6.07 Å². The average Bonchev–Trinajstić information content (AvgIpc) is 2.62. The van der Waals surface area contributed by atoms with E-state index in [0.29, 0.717) is 13.2 Å². The van der Waals surface area contributed by atoms with Crippen LogP contribution >= 0.6 is 12.4 Å². The minimum absolute atomic E-state index is 0. The number of nitrogens with two attached hydrogens (primary N) is 1. The van der Waals surface area contributed by atoms with Crippen molar-refractivity contribution in [3.63, 3.8) is 0 Å². The Morgan fingerprint density at radius 3 is 3.00 bits per heavy atom. The van der Waals surface area contributed by atoms with Gasteiger partial charge in [-0.05, 0) is 13.0 Å². The Morgan fingerprint density at radius 2 is 2.33 bits per heavy atom. The molecular weight excluding hydrogens is 214 g/mol. The summed E-state index contributed by atoms with van der Waals surface area (Å²) in [5.41, 5.74) is 6.77. The second-order valence-corrected chi connectivity index (χ2v) is 3.36. The predicted octanol–water partition coefficient (Wildman–Crippen LogP) is 1.77. The molecule has 1 unspecified atom stereocenters. The first-order valence-electron chi connectivity index (χ1n) is 4.96. The molecule has 84 valence electrons. The fourth-order valence-corrected chi connectivity index (χ4v) is 1.71. The van der Waals surface area contributed by atoms with E-state index in [0.717, 1.165) is 17.9 Å². The van der Waals surface area contributed by atoms with Crippen molar-refractivity contribution in [3.05, 3.63) is 23.8 Å². The number of halogens is 1. The lowest BCUT2D eigenvalue weighted by molar-refractivity contribution is 0.226. The highest BCUT2D eigenvalue weighted by molar-refractivity contribution is 5.85. The maximum Gasteiger partial charge on any atom is 0.164 e. The van der Waals surface area contributed by atoms with E-state index < -0.39 is 0 Å². The Hall–Kier alpha value is -0.930. The molecule has 2 rings (SSSR count). The Kier molecular flexibility index (Phi) is 4.24. The SMILES string of the molecule is CCOc1cccc2c1OC(CN)C2.Cl. The fourth-order valence-electron chi connectivity index (χ4n) is 1.71. The maximum absolute atomic E-state index is 5.69. The minimum Gasteiger partial charge on any atom is -0.490 e. The smallest absolute Gasteiger partial charge is 0.164 e. The van der Waals surface area contributed by atoms with Crippen molar-refractivity contribution >= 4 is 12.4 Å². The number of fused-ring (bicyclic) bond motifs is 1. The second kappa shape index (κ2) is 5.24. The van der Waals surface area contributed by atoms with Crippen molar-refractivity contribution in [2.24, 2.45) is 5.73 Å². The Morgan fingerprint density at radius 1 is 1.53 bits per heavy atom. The van der Waals surface area contributed by atoms with E-state index in [1.165, 1.54) is 5.56 Å². The topological polar surface area (TPSA) is 44.5 Å². The van der Waals surface area contributed by atoms with Gasteiger partial charge in [-0.3, -0.25) is 0 Å². The normalized spacial score (nSPS) is 17.6. The standard InChI is InChI=1S/C11H15NO2.ClH/c1-2-13-10-5-3-4-8-6-9(7-12)14-11(8)10;/h3-5,9H,2,6-7,12H2,1H3;1H. The molecule has 1 heterocycles. The van der Waals surface area contributed by atoms with Crippen LogP contribution in [0.3, 0.4) is 0 Å². The molecule has 0 bridgehead atoms. The molecule has 3 nitrogen and oxygen atoms in total. The zero-order valence-corrected chi connectivity index (χ0v) is 9.55. The summed E-state index contributed by atoms with van der Waals surface area (Å²) in [7, 11) is 0. The molecule has 1 aliphatic heterocycles. The fraction of sp³-hybridized carbons (Fsp3) is 0.455. The summed E-state index contributed by atoms with van der Waals surface area (Å²) in [4.78, 5) is 0.